The zero-order chi connectivity index (χ0) is 15.5. The van der Waals surface area contributed by atoms with Crippen LogP contribution in [0.3, 0.4) is 0 Å². The van der Waals surface area contributed by atoms with Crippen LogP contribution in [0.5, 0.6) is 0 Å². The molecule has 4 nitrogen and oxygen atoms in total. The molecule has 0 N–H and O–H groups in total. The Labute approximate surface area is 130 Å². The predicted molar refractivity (Wildman–Crippen MR) is 86.2 cm³/mol. The van der Waals surface area contributed by atoms with Gasteiger partial charge in [0.25, 0.3) is 0 Å². The number of nitrogens with zero attached hydrogens (tertiary/aromatic N) is 2. The molecule has 0 unspecified atom stereocenters. The lowest BCUT2D eigenvalue weighted by molar-refractivity contribution is -0.138. The molecule has 0 fully saturated rings. The molecule has 2 heterocycles. The van der Waals surface area contributed by atoms with Crippen LogP contribution < -0.4 is 4.90 Å². The second kappa shape index (κ2) is 6.02. The van der Waals surface area contributed by atoms with Crippen LogP contribution >= 0.6 is 0 Å². The van der Waals surface area contributed by atoms with Crippen LogP contribution in [0.2, 0.25) is 0 Å². The summed E-state index contributed by atoms with van der Waals surface area (Å²) in [5.74, 6) is -0.318. The van der Waals surface area contributed by atoms with Crippen LogP contribution in [-0.2, 0) is 16.1 Å². The number of aromatic nitrogens is 1. The zero-order valence-corrected chi connectivity index (χ0v) is 12.7. The van der Waals surface area contributed by atoms with Crippen molar-refractivity contribution >= 4 is 17.7 Å². The molecular weight excluding hydrogens is 276 g/mol. The molecule has 0 saturated carbocycles. The molecule has 3 rings (SSSR count). The van der Waals surface area contributed by atoms with Crippen molar-refractivity contribution in [3.05, 3.63) is 65.1 Å². The number of carbonyl (C=O) groups excluding carboxylic acids is 1. The van der Waals surface area contributed by atoms with E-state index in [1.54, 1.807) is 6.20 Å². The van der Waals surface area contributed by atoms with Gasteiger partial charge in [0.1, 0.15) is 5.70 Å². The quantitative estimate of drug-likeness (QED) is 0.814. The van der Waals surface area contributed by atoms with Gasteiger partial charge in [-0.25, -0.2) is 4.79 Å². The van der Waals surface area contributed by atoms with E-state index in [0.717, 1.165) is 22.5 Å². The number of carbonyl (C=O) groups is 1. The third-order valence-electron chi connectivity index (χ3n) is 3.71. The van der Waals surface area contributed by atoms with Gasteiger partial charge in [-0.15, -0.1) is 0 Å². The maximum atomic E-state index is 12.3. The molecule has 22 heavy (non-hydrogen) atoms. The average Bonchev–Trinajstić information content (AvgIpc) is 2.54. The van der Waals surface area contributed by atoms with Crippen molar-refractivity contribution in [1.29, 1.82) is 0 Å². The molecule has 112 valence electrons. The second-order valence-electron chi connectivity index (χ2n) is 5.17. The van der Waals surface area contributed by atoms with Crippen LogP contribution in [0, 0.1) is 6.92 Å². The van der Waals surface area contributed by atoms with Gasteiger partial charge >= 0.3 is 5.97 Å². The Hall–Kier alpha value is -2.62. The molecular formula is C18H18N2O2. The number of pyridine rings is 1. The van der Waals surface area contributed by atoms with Gasteiger partial charge in [-0.2, -0.15) is 0 Å². The normalized spacial score (nSPS) is 13.4. The Morgan fingerprint density at radius 2 is 2.09 bits per heavy atom. The molecule has 0 amide bonds. The number of hydrogen-bond acceptors (Lipinski definition) is 4. The number of anilines is 1. The Bertz CT molecular complexity index is 737. The number of hydrogen-bond donors (Lipinski definition) is 0. The number of rotatable bonds is 3. The van der Waals surface area contributed by atoms with Gasteiger partial charge in [0.05, 0.1) is 18.8 Å². The SMILES string of the molecule is CCOC(=O)C1=Cc2ncccc2CN1c1ccccc1C. The topological polar surface area (TPSA) is 42.4 Å². The van der Waals surface area contributed by atoms with Gasteiger partial charge in [0, 0.05) is 11.9 Å². The van der Waals surface area contributed by atoms with E-state index in [4.69, 9.17) is 4.74 Å². The largest absolute Gasteiger partial charge is 0.461 e. The first-order chi connectivity index (χ1) is 10.7. The summed E-state index contributed by atoms with van der Waals surface area (Å²) in [4.78, 5) is 18.7. The first-order valence-electron chi connectivity index (χ1n) is 7.36. The number of aryl methyl sites for hydroxylation is 1. The van der Waals surface area contributed by atoms with Crippen molar-refractivity contribution < 1.29 is 9.53 Å². The predicted octanol–water partition coefficient (Wildman–Crippen LogP) is 3.31. The highest BCUT2D eigenvalue weighted by Gasteiger charge is 2.26. The highest BCUT2D eigenvalue weighted by Crippen LogP contribution is 2.31. The highest BCUT2D eigenvalue weighted by atomic mass is 16.5. The van der Waals surface area contributed by atoms with E-state index in [2.05, 4.69) is 4.98 Å². The Morgan fingerprint density at radius 1 is 1.27 bits per heavy atom. The molecule has 0 spiro atoms. The summed E-state index contributed by atoms with van der Waals surface area (Å²) in [6.45, 7) is 4.81. The van der Waals surface area contributed by atoms with Crippen molar-refractivity contribution in [2.75, 3.05) is 11.5 Å². The number of ether oxygens (including phenoxy) is 1. The Kier molecular flexibility index (Phi) is 3.92. The summed E-state index contributed by atoms with van der Waals surface area (Å²) in [5, 5.41) is 0. The van der Waals surface area contributed by atoms with E-state index in [0.29, 0.717) is 18.8 Å². The van der Waals surface area contributed by atoms with E-state index in [1.165, 1.54) is 0 Å². The fourth-order valence-corrected chi connectivity index (χ4v) is 2.63. The van der Waals surface area contributed by atoms with Gasteiger partial charge in [-0.1, -0.05) is 24.3 Å². The third kappa shape index (κ3) is 2.60. The lowest BCUT2D eigenvalue weighted by Crippen LogP contribution is -2.31. The Morgan fingerprint density at radius 3 is 2.86 bits per heavy atom. The average molecular weight is 294 g/mol. The molecule has 4 heteroatoms. The first kappa shape index (κ1) is 14.3. The number of benzene rings is 1. The van der Waals surface area contributed by atoms with Crippen LogP contribution in [0.4, 0.5) is 5.69 Å². The molecule has 1 aromatic heterocycles. The van der Waals surface area contributed by atoms with Crippen LogP contribution in [0.1, 0.15) is 23.7 Å². The minimum absolute atomic E-state index is 0.318. The third-order valence-corrected chi connectivity index (χ3v) is 3.71. The molecule has 0 radical (unpaired) electrons. The lowest BCUT2D eigenvalue weighted by atomic mass is 10.0. The van der Waals surface area contributed by atoms with Crippen molar-refractivity contribution in [3.63, 3.8) is 0 Å². The summed E-state index contributed by atoms with van der Waals surface area (Å²) in [7, 11) is 0. The molecule has 0 bridgehead atoms. The molecule has 1 aromatic carbocycles. The van der Waals surface area contributed by atoms with E-state index >= 15 is 0 Å². The smallest absolute Gasteiger partial charge is 0.355 e. The van der Waals surface area contributed by atoms with Gasteiger partial charge in [-0.05, 0) is 43.2 Å². The fraction of sp³-hybridized carbons (Fsp3) is 0.222. The van der Waals surface area contributed by atoms with E-state index in [1.807, 2.05) is 61.2 Å². The monoisotopic (exact) mass is 294 g/mol. The lowest BCUT2D eigenvalue weighted by Gasteiger charge is -2.31. The molecule has 1 aliphatic heterocycles. The summed E-state index contributed by atoms with van der Waals surface area (Å²) < 4.78 is 5.21. The standard InChI is InChI=1S/C18H18N2O2/c1-3-22-18(21)17-11-15-14(8-6-10-19-15)12-20(17)16-9-5-4-7-13(16)2/h4-11H,3,12H2,1-2H3. The van der Waals surface area contributed by atoms with Gasteiger partial charge < -0.3 is 9.64 Å². The fourth-order valence-electron chi connectivity index (χ4n) is 2.63. The number of fused-ring (bicyclic) bond motifs is 1. The van der Waals surface area contributed by atoms with Gasteiger partial charge in [-0.3, -0.25) is 4.98 Å². The summed E-state index contributed by atoms with van der Waals surface area (Å²) in [6, 6.07) is 12.0. The number of para-hydroxylation sites is 1. The molecule has 1 aliphatic rings. The van der Waals surface area contributed by atoms with Crippen molar-refractivity contribution in [2.24, 2.45) is 0 Å². The Balaban J connectivity index is 2.09. The van der Waals surface area contributed by atoms with Crippen molar-refractivity contribution in [1.82, 2.24) is 4.98 Å². The van der Waals surface area contributed by atoms with Crippen molar-refractivity contribution in [3.8, 4) is 0 Å². The van der Waals surface area contributed by atoms with Crippen LogP contribution in [-0.4, -0.2) is 17.6 Å². The molecule has 0 atom stereocenters. The van der Waals surface area contributed by atoms with Crippen LogP contribution in [0.15, 0.2) is 48.3 Å². The minimum Gasteiger partial charge on any atom is -0.461 e. The minimum atomic E-state index is -0.318. The summed E-state index contributed by atoms with van der Waals surface area (Å²) in [5.41, 5.74) is 4.58. The number of esters is 1. The zero-order valence-electron chi connectivity index (χ0n) is 12.7. The van der Waals surface area contributed by atoms with E-state index < -0.39 is 0 Å². The van der Waals surface area contributed by atoms with E-state index in [9.17, 15) is 4.79 Å². The summed E-state index contributed by atoms with van der Waals surface area (Å²) in [6.07, 6.45) is 3.55. The molecule has 0 saturated heterocycles. The second-order valence-corrected chi connectivity index (χ2v) is 5.17. The summed E-state index contributed by atoms with van der Waals surface area (Å²) >= 11 is 0. The molecule has 0 aliphatic carbocycles. The van der Waals surface area contributed by atoms with Gasteiger partial charge in [0.15, 0.2) is 0 Å². The van der Waals surface area contributed by atoms with Crippen molar-refractivity contribution in [2.45, 2.75) is 20.4 Å². The maximum absolute atomic E-state index is 12.3. The van der Waals surface area contributed by atoms with Crippen LogP contribution in [0.25, 0.3) is 6.08 Å². The highest BCUT2D eigenvalue weighted by molar-refractivity contribution is 5.98. The molecule has 2 aromatic rings. The van der Waals surface area contributed by atoms with Gasteiger partial charge in [0.2, 0.25) is 0 Å². The first-order valence-corrected chi connectivity index (χ1v) is 7.36. The van der Waals surface area contributed by atoms with E-state index in [-0.39, 0.29) is 5.97 Å². The maximum Gasteiger partial charge on any atom is 0.355 e.